The molecule has 41 heavy (non-hydrogen) atoms. The molecule has 9 nitrogen and oxygen atoms in total. The molecule has 0 unspecified atom stereocenters. The zero-order valence-electron chi connectivity index (χ0n) is 22.9. The van der Waals surface area contributed by atoms with Gasteiger partial charge in [-0.25, -0.2) is 0 Å². The number of anilines is 1. The molecule has 5 rings (SSSR count). The number of amides is 1. The maximum Gasteiger partial charge on any atom is 0.387 e. The van der Waals surface area contributed by atoms with Crippen molar-refractivity contribution in [1.82, 2.24) is 24.7 Å². The van der Waals surface area contributed by atoms with E-state index in [-0.39, 0.29) is 30.3 Å². The lowest BCUT2D eigenvalue weighted by atomic mass is 10.1. The number of hydrogen-bond donors (Lipinski definition) is 0. The molecule has 1 aromatic carbocycles. The van der Waals surface area contributed by atoms with Crippen molar-refractivity contribution in [3.8, 4) is 24.1 Å². The molecule has 218 valence electrons. The summed E-state index contributed by atoms with van der Waals surface area (Å²) in [6.45, 7) is 4.52. The van der Waals surface area contributed by atoms with Gasteiger partial charge < -0.3 is 24.2 Å². The number of terminal acetylenes is 1. The number of aromatic nitrogens is 2. The van der Waals surface area contributed by atoms with E-state index >= 15 is 0 Å². The van der Waals surface area contributed by atoms with Crippen LogP contribution in [0.2, 0.25) is 5.02 Å². The first kappa shape index (κ1) is 29.0. The van der Waals surface area contributed by atoms with E-state index in [1.54, 1.807) is 17.0 Å². The highest BCUT2D eigenvalue weighted by Crippen LogP contribution is 2.36. The molecule has 0 bridgehead atoms. The van der Waals surface area contributed by atoms with E-state index in [0.29, 0.717) is 55.7 Å². The average Bonchev–Trinajstić information content (AvgIpc) is 3.57. The number of ether oxygens (including phenoxy) is 2. The van der Waals surface area contributed by atoms with Gasteiger partial charge in [0.15, 0.2) is 0 Å². The minimum atomic E-state index is -2.97. The standard InChI is InChI=1S/C29H33ClF2N6O3/c1-4-19-14-37(26(39)5-2)12-13-38(19)27-22-16-36(15-21-23(30)9-6-10-25(21)41-28(31)32)17-24(22)33-29(34-27)40-18-20-8-7-11-35(20)3/h1,5-6,9-10,19-20,28H,2,7-8,11-18H2,3H3/t19-,20+/m1/s1. The second-order valence-electron chi connectivity index (χ2n) is 10.4. The Bertz CT molecular complexity index is 1340. The van der Waals surface area contributed by atoms with Crippen molar-refractivity contribution in [2.24, 2.45) is 0 Å². The Hall–Kier alpha value is -3.46. The summed E-state index contributed by atoms with van der Waals surface area (Å²) in [5.74, 6) is 3.33. The monoisotopic (exact) mass is 586 g/mol. The molecule has 0 spiro atoms. The fraction of sp³-hybridized carbons (Fsp3) is 0.483. The highest BCUT2D eigenvalue weighted by atomic mass is 35.5. The zero-order valence-corrected chi connectivity index (χ0v) is 23.7. The van der Waals surface area contributed by atoms with Gasteiger partial charge in [0.2, 0.25) is 5.91 Å². The van der Waals surface area contributed by atoms with Gasteiger partial charge in [-0.3, -0.25) is 9.69 Å². The van der Waals surface area contributed by atoms with Crippen LogP contribution in [0.3, 0.4) is 0 Å². The van der Waals surface area contributed by atoms with Crippen molar-refractivity contribution >= 4 is 23.3 Å². The number of alkyl halides is 2. The second-order valence-corrected chi connectivity index (χ2v) is 10.9. The van der Waals surface area contributed by atoms with E-state index in [1.165, 1.54) is 12.1 Å². The van der Waals surface area contributed by atoms with E-state index in [2.05, 4.69) is 24.4 Å². The minimum absolute atomic E-state index is 0.0369. The van der Waals surface area contributed by atoms with E-state index in [9.17, 15) is 13.6 Å². The second kappa shape index (κ2) is 12.6. The van der Waals surface area contributed by atoms with Gasteiger partial charge in [-0.15, -0.1) is 6.42 Å². The smallest absolute Gasteiger partial charge is 0.387 e. The Labute approximate surface area is 243 Å². The normalized spacial score (nSPS) is 21.2. The van der Waals surface area contributed by atoms with Crippen LogP contribution in [0.4, 0.5) is 14.6 Å². The van der Waals surface area contributed by atoms with Crippen molar-refractivity contribution in [1.29, 1.82) is 0 Å². The Morgan fingerprint density at radius 2 is 2.12 bits per heavy atom. The van der Waals surface area contributed by atoms with Crippen molar-refractivity contribution in [2.45, 2.75) is 51.2 Å². The lowest BCUT2D eigenvalue weighted by molar-refractivity contribution is -0.126. The van der Waals surface area contributed by atoms with Gasteiger partial charge in [0.1, 0.15) is 24.2 Å². The van der Waals surface area contributed by atoms with Crippen LogP contribution in [0.1, 0.15) is 29.7 Å². The van der Waals surface area contributed by atoms with Crippen molar-refractivity contribution < 1.29 is 23.0 Å². The molecule has 2 fully saturated rings. The maximum atomic E-state index is 13.1. The zero-order chi connectivity index (χ0) is 29.1. The van der Waals surface area contributed by atoms with Crippen LogP contribution in [0, 0.1) is 12.3 Å². The number of piperazine rings is 1. The molecule has 3 aliphatic heterocycles. The maximum absolute atomic E-state index is 13.1. The molecule has 12 heteroatoms. The molecule has 3 aliphatic rings. The van der Waals surface area contributed by atoms with Gasteiger partial charge in [0.25, 0.3) is 0 Å². The molecular formula is C29H33ClF2N6O3. The molecule has 2 atom stereocenters. The van der Waals surface area contributed by atoms with Crippen LogP contribution in [0.25, 0.3) is 0 Å². The number of rotatable bonds is 9. The minimum Gasteiger partial charge on any atom is -0.462 e. The number of benzene rings is 1. The van der Waals surface area contributed by atoms with Crippen LogP contribution < -0.4 is 14.4 Å². The van der Waals surface area contributed by atoms with Gasteiger partial charge >= 0.3 is 12.6 Å². The predicted octanol–water partition coefficient (Wildman–Crippen LogP) is 3.56. The van der Waals surface area contributed by atoms with E-state index in [1.807, 2.05) is 9.80 Å². The number of carbonyl (C=O) groups excluding carboxylic acids is 1. The summed E-state index contributed by atoms with van der Waals surface area (Å²) in [4.78, 5) is 29.9. The molecule has 1 amide bonds. The average molecular weight is 587 g/mol. The van der Waals surface area contributed by atoms with Crippen molar-refractivity contribution in [2.75, 3.05) is 44.7 Å². The molecule has 2 saturated heterocycles. The quantitative estimate of drug-likeness (QED) is 0.326. The van der Waals surface area contributed by atoms with Crippen LogP contribution in [-0.4, -0.2) is 89.1 Å². The largest absolute Gasteiger partial charge is 0.462 e. The van der Waals surface area contributed by atoms with Crippen LogP contribution in [-0.2, 0) is 24.4 Å². The molecule has 2 aromatic rings. The molecular weight excluding hydrogens is 554 g/mol. The van der Waals surface area contributed by atoms with Gasteiger partial charge in [-0.2, -0.15) is 18.7 Å². The third-order valence-electron chi connectivity index (χ3n) is 7.89. The number of halogens is 3. The molecule has 0 N–H and O–H groups in total. The van der Waals surface area contributed by atoms with Gasteiger partial charge in [0, 0.05) is 54.9 Å². The fourth-order valence-corrected chi connectivity index (χ4v) is 5.91. The highest BCUT2D eigenvalue weighted by Gasteiger charge is 2.35. The van der Waals surface area contributed by atoms with Crippen LogP contribution in [0.15, 0.2) is 30.9 Å². The summed E-state index contributed by atoms with van der Waals surface area (Å²) >= 11 is 6.41. The molecule has 1 aromatic heterocycles. The highest BCUT2D eigenvalue weighted by molar-refractivity contribution is 6.31. The molecule has 0 saturated carbocycles. The number of carbonyl (C=O) groups is 1. The fourth-order valence-electron chi connectivity index (χ4n) is 5.68. The van der Waals surface area contributed by atoms with Gasteiger partial charge in [0.05, 0.1) is 12.2 Å². The number of likely N-dealkylation sites (N-methyl/N-ethyl adjacent to an activating group) is 1. The first-order chi connectivity index (χ1) is 19.8. The summed E-state index contributed by atoms with van der Waals surface area (Å²) in [5.41, 5.74) is 2.12. The first-order valence-electron chi connectivity index (χ1n) is 13.6. The number of hydrogen-bond acceptors (Lipinski definition) is 8. The summed E-state index contributed by atoms with van der Waals surface area (Å²) in [6, 6.07) is 4.84. The van der Waals surface area contributed by atoms with Crippen molar-refractivity contribution in [3.63, 3.8) is 0 Å². The lowest BCUT2D eigenvalue weighted by Crippen LogP contribution is -2.54. The summed E-state index contributed by atoms with van der Waals surface area (Å²) in [6.07, 6.45) is 9.39. The Balaban J connectivity index is 1.43. The van der Waals surface area contributed by atoms with E-state index in [4.69, 9.17) is 37.5 Å². The summed E-state index contributed by atoms with van der Waals surface area (Å²) in [7, 11) is 2.08. The van der Waals surface area contributed by atoms with Gasteiger partial charge in [-0.1, -0.05) is 30.2 Å². The Morgan fingerprint density at radius 1 is 1.29 bits per heavy atom. The lowest BCUT2D eigenvalue weighted by Gasteiger charge is -2.40. The van der Waals surface area contributed by atoms with Gasteiger partial charge in [-0.05, 0) is 44.6 Å². The van der Waals surface area contributed by atoms with E-state index in [0.717, 1.165) is 30.6 Å². The molecule has 0 radical (unpaired) electrons. The Morgan fingerprint density at radius 3 is 2.83 bits per heavy atom. The molecule has 4 heterocycles. The van der Waals surface area contributed by atoms with Crippen LogP contribution in [0.5, 0.6) is 11.8 Å². The number of likely N-dealkylation sites (tertiary alicyclic amines) is 1. The van der Waals surface area contributed by atoms with E-state index < -0.39 is 12.7 Å². The van der Waals surface area contributed by atoms with Crippen molar-refractivity contribution in [3.05, 3.63) is 52.7 Å². The summed E-state index contributed by atoms with van der Waals surface area (Å²) < 4.78 is 37.0. The molecule has 0 aliphatic carbocycles. The topological polar surface area (TPSA) is 74.3 Å². The predicted molar refractivity (Wildman–Crippen MR) is 151 cm³/mol. The number of nitrogens with zero attached hydrogens (tertiary/aromatic N) is 6. The Kier molecular flexibility index (Phi) is 8.92. The van der Waals surface area contributed by atoms with Crippen LogP contribution >= 0.6 is 11.6 Å². The third kappa shape index (κ3) is 6.40. The number of fused-ring (bicyclic) bond motifs is 1. The third-order valence-corrected chi connectivity index (χ3v) is 8.24. The first-order valence-corrected chi connectivity index (χ1v) is 14.0. The SMILES string of the molecule is C#C[C@@H]1CN(C(=O)C=C)CCN1c1nc(OC[C@@H]2CCCN2C)nc2c1CN(Cc1c(Cl)cccc1OC(F)F)C2. The summed E-state index contributed by atoms with van der Waals surface area (Å²) in [5, 5.41) is 0.338.